The van der Waals surface area contributed by atoms with Gasteiger partial charge in [0.2, 0.25) is 0 Å². The summed E-state index contributed by atoms with van der Waals surface area (Å²) in [6, 6.07) is 5.89. The largest absolute Gasteiger partial charge is 0.390 e. The van der Waals surface area contributed by atoms with Gasteiger partial charge in [-0.05, 0) is 54.7 Å². The van der Waals surface area contributed by atoms with Crippen molar-refractivity contribution in [2.24, 2.45) is 5.41 Å². The molecule has 0 radical (unpaired) electrons. The maximum absolute atomic E-state index is 14.1. The van der Waals surface area contributed by atoms with Gasteiger partial charge in [-0.1, -0.05) is 23.6 Å². The van der Waals surface area contributed by atoms with Crippen LogP contribution in [0.2, 0.25) is 5.02 Å². The predicted octanol–water partition coefficient (Wildman–Crippen LogP) is 3.96. The molecule has 4 aromatic rings. The lowest BCUT2D eigenvalue weighted by Crippen LogP contribution is -2.41. The van der Waals surface area contributed by atoms with Gasteiger partial charge in [-0.3, -0.25) is 10.1 Å². The molecule has 3 aromatic heterocycles. The van der Waals surface area contributed by atoms with E-state index in [2.05, 4.69) is 43.0 Å². The first-order valence-corrected chi connectivity index (χ1v) is 12.0. The second-order valence-electron chi connectivity index (χ2n) is 9.37. The van der Waals surface area contributed by atoms with Crippen LogP contribution >= 0.6 is 11.6 Å². The number of aromatic amines is 1. The lowest BCUT2D eigenvalue weighted by Gasteiger charge is -2.40. The zero-order valence-corrected chi connectivity index (χ0v) is 19.9. The van der Waals surface area contributed by atoms with Crippen molar-refractivity contribution in [3.8, 4) is 11.8 Å². The third kappa shape index (κ3) is 3.96. The molecule has 2 N–H and O–H groups in total. The van der Waals surface area contributed by atoms with E-state index in [1.54, 1.807) is 0 Å². The Bertz CT molecular complexity index is 1500. The summed E-state index contributed by atoms with van der Waals surface area (Å²) >= 11 is 5.94. The highest BCUT2D eigenvalue weighted by molar-refractivity contribution is 6.31. The number of piperidine rings is 1. The number of benzene rings is 1. The van der Waals surface area contributed by atoms with E-state index in [1.807, 2.05) is 12.3 Å². The van der Waals surface area contributed by atoms with Crippen LogP contribution in [0.5, 0.6) is 0 Å². The Kier molecular flexibility index (Phi) is 5.58. The number of aliphatic hydroxyl groups is 1. The van der Waals surface area contributed by atoms with E-state index in [1.165, 1.54) is 11.3 Å². The van der Waals surface area contributed by atoms with Crippen LogP contribution in [0, 0.1) is 28.9 Å². The summed E-state index contributed by atoms with van der Waals surface area (Å²) in [6.45, 7) is 1.29. The standard InChI is InChI=1S/C26H21ClF2N6O/c27-18-10-16(28)11-19(29)17(18)3-4-20-23-24(34-33-20)32-25(22(14-36)31-23)35-8-5-26(6-9-35)12-15-2-1-7-30-21(15)13-26/h1-2,7,10-11,36H,5-6,8-9,12-14H2,(H,32,33,34). The first-order chi connectivity index (χ1) is 17.4. The van der Waals surface area contributed by atoms with Gasteiger partial charge in [-0.2, -0.15) is 5.10 Å². The molecule has 182 valence electrons. The fourth-order valence-electron chi connectivity index (χ4n) is 5.26. The van der Waals surface area contributed by atoms with Crippen molar-refractivity contribution >= 4 is 28.6 Å². The number of nitrogens with zero attached hydrogens (tertiary/aromatic N) is 5. The van der Waals surface area contributed by atoms with Gasteiger partial charge in [0.25, 0.3) is 0 Å². The van der Waals surface area contributed by atoms with Gasteiger partial charge in [0.15, 0.2) is 17.2 Å². The number of anilines is 1. The number of hydrogen-bond acceptors (Lipinski definition) is 6. The van der Waals surface area contributed by atoms with Gasteiger partial charge in [-0.25, -0.2) is 18.7 Å². The number of pyridine rings is 1. The smallest absolute Gasteiger partial charge is 0.177 e. The molecule has 4 heterocycles. The van der Waals surface area contributed by atoms with E-state index in [4.69, 9.17) is 16.6 Å². The summed E-state index contributed by atoms with van der Waals surface area (Å²) in [5, 5.41) is 16.9. The Hall–Kier alpha value is -3.61. The molecule has 0 amide bonds. The number of hydrogen-bond donors (Lipinski definition) is 2. The molecule has 1 aliphatic heterocycles. The van der Waals surface area contributed by atoms with E-state index >= 15 is 0 Å². The SMILES string of the molecule is OCc1nc2c(C#Cc3c(F)cc(F)cc3Cl)n[nH]c2nc1N1CCC2(CC1)Cc1cccnc1C2. The molecule has 6 rings (SSSR count). The average molecular weight is 507 g/mol. The number of aliphatic hydroxyl groups excluding tert-OH is 1. The summed E-state index contributed by atoms with van der Waals surface area (Å²) < 4.78 is 27.4. The van der Waals surface area contributed by atoms with Gasteiger partial charge >= 0.3 is 0 Å². The number of halogens is 3. The third-order valence-electron chi connectivity index (χ3n) is 7.12. The van der Waals surface area contributed by atoms with E-state index < -0.39 is 11.6 Å². The molecule has 1 aromatic carbocycles. The Balaban J connectivity index is 1.26. The molecular weight excluding hydrogens is 486 g/mol. The van der Waals surface area contributed by atoms with Gasteiger partial charge in [0.05, 0.1) is 17.2 Å². The molecule has 10 heteroatoms. The molecule has 0 saturated carbocycles. The van der Waals surface area contributed by atoms with E-state index in [0.29, 0.717) is 22.7 Å². The fourth-order valence-corrected chi connectivity index (χ4v) is 5.50. The monoisotopic (exact) mass is 506 g/mol. The van der Waals surface area contributed by atoms with E-state index in [9.17, 15) is 13.9 Å². The quantitative estimate of drug-likeness (QED) is 0.400. The van der Waals surface area contributed by atoms with E-state index in [-0.39, 0.29) is 28.3 Å². The first kappa shape index (κ1) is 22.8. The van der Waals surface area contributed by atoms with Crippen molar-refractivity contribution in [2.75, 3.05) is 18.0 Å². The molecule has 0 bridgehead atoms. The van der Waals surface area contributed by atoms with Crippen LogP contribution in [0.25, 0.3) is 11.2 Å². The van der Waals surface area contributed by atoms with Crippen LogP contribution in [0.4, 0.5) is 14.6 Å². The number of nitrogens with one attached hydrogen (secondary N) is 1. The summed E-state index contributed by atoms with van der Waals surface area (Å²) in [5.74, 6) is 4.31. The number of fused-ring (bicyclic) bond motifs is 2. The minimum atomic E-state index is -0.860. The Morgan fingerprint density at radius 1 is 1.14 bits per heavy atom. The molecule has 1 aliphatic carbocycles. The van der Waals surface area contributed by atoms with Crippen LogP contribution in [-0.2, 0) is 19.4 Å². The van der Waals surface area contributed by atoms with E-state index in [0.717, 1.165) is 50.9 Å². The Labute approximate surface area is 210 Å². The molecule has 36 heavy (non-hydrogen) atoms. The molecule has 7 nitrogen and oxygen atoms in total. The maximum Gasteiger partial charge on any atom is 0.177 e. The van der Waals surface area contributed by atoms with Gasteiger partial charge in [0, 0.05) is 31.0 Å². The van der Waals surface area contributed by atoms with Crippen molar-refractivity contribution in [2.45, 2.75) is 32.3 Å². The molecule has 1 saturated heterocycles. The number of aromatic nitrogens is 5. The Morgan fingerprint density at radius 2 is 1.97 bits per heavy atom. The number of rotatable bonds is 2. The lowest BCUT2D eigenvalue weighted by molar-refractivity contribution is 0.230. The van der Waals surface area contributed by atoms with Crippen LogP contribution in [-0.4, -0.2) is 43.3 Å². The van der Waals surface area contributed by atoms with Gasteiger partial charge in [0.1, 0.15) is 22.8 Å². The van der Waals surface area contributed by atoms with Crippen LogP contribution < -0.4 is 4.90 Å². The molecule has 1 spiro atoms. The van der Waals surface area contributed by atoms with Gasteiger partial charge in [-0.15, -0.1) is 0 Å². The van der Waals surface area contributed by atoms with Gasteiger partial charge < -0.3 is 10.0 Å². The van der Waals surface area contributed by atoms with Crippen molar-refractivity contribution in [1.82, 2.24) is 25.1 Å². The van der Waals surface area contributed by atoms with Crippen molar-refractivity contribution in [3.63, 3.8) is 0 Å². The summed E-state index contributed by atoms with van der Waals surface area (Å²) in [6.07, 6.45) is 5.90. The Morgan fingerprint density at radius 3 is 2.72 bits per heavy atom. The second-order valence-corrected chi connectivity index (χ2v) is 9.77. The zero-order valence-electron chi connectivity index (χ0n) is 19.2. The summed E-state index contributed by atoms with van der Waals surface area (Å²) in [5.41, 5.74) is 4.06. The first-order valence-electron chi connectivity index (χ1n) is 11.6. The molecule has 2 aliphatic rings. The average Bonchev–Trinajstić information content (AvgIpc) is 3.43. The van der Waals surface area contributed by atoms with Crippen LogP contribution in [0.1, 0.15) is 41.1 Å². The molecule has 0 atom stereocenters. The topological polar surface area (TPSA) is 90.8 Å². The molecule has 1 fully saturated rings. The lowest BCUT2D eigenvalue weighted by atomic mass is 9.76. The minimum absolute atomic E-state index is 0.131. The normalized spacial score (nSPS) is 16.3. The van der Waals surface area contributed by atoms with Crippen molar-refractivity contribution in [3.05, 3.63) is 75.3 Å². The predicted molar refractivity (Wildman–Crippen MR) is 130 cm³/mol. The van der Waals surface area contributed by atoms with Crippen molar-refractivity contribution < 1.29 is 13.9 Å². The van der Waals surface area contributed by atoms with Crippen LogP contribution in [0.15, 0.2) is 30.5 Å². The summed E-state index contributed by atoms with van der Waals surface area (Å²) in [7, 11) is 0. The number of H-pyrrole nitrogens is 1. The van der Waals surface area contributed by atoms with Crippen molar-refractivity contribution in [1.29, 1.82) is 0 Å². The fraction of sp³-hybridized carbons (Fsp3) is 0.308. The highest BCUT2D eigenvalue weighted by Gasteiger charge is 2.41. The highest BCUT2D eigenvalue weighted by Crippen LogP contribution is 2.44. The van der Waals surface area contributed by atoms with Crippen LogP contribution in [0.3, 0.4) is 0 Å². The molecule has 0 unspecified atom stereocenters. The molecular formula is C26H21ClF2N6O. The third-order valence-corrected chi connectivity index (χ3v) is 7.42. The second kappa shape index (κ2) is 8.80. The summed E-state index contributed by atoms with van der Waals surface area (Å²) in [4.78, 5) is 16.0. The maximum atomic E-state index is 14.1. The zero-order chi connectivity index (χ0) is 24.9. The highest BCUT2D eigenvalue weighted by atomic mass is 35.5. The minimum Gasteiger partial charge on any atom is -0.390 e.